The first-order valence-electron chi connectivity index (χ1n) is 20.0. The molecule has 3 heterocycles. The Morgan fingerprint density at radius 3 is 2.14 bits per heavy atom. The molecule has 4 N–H and O–H groups in total. The smallest absolute Gasteiger partial charge is 0.418 e. The lowest BCUT2D eigenvalue weighted by atomic mass is 9.84. The number of aromatic nitrogens is 3. The molecule has 1 aliphatic heterocycles. The van der Waals surface area contributed by atoms with Crippen LogP contribution in [0.2, 0.25) is 4.34 Å². The number of hydrogen-bond acceptors (Lipinski definition) is 16. The van der Waals surface area contributed by atoms with Crippen molar-refractivity contribution in [3.8, 4) is 16.9 Å². The molecular weight excluding hydrogens is 916 g/mol. The fourth-order valence-electron chi connectivity index (χ4n) is 5.72. The molecule has 1 aromatic carbocycles. The minimum Gasteiger partial charge on any atom is -0.489 e. The summed E-state index contributed by atoms with van der Waals surface area (Å²) >= 11 is 7.24. The number of benzene rings is 1. The Kier molecular flexibility index (Phi) is 16.3. The van der Waals surface area contributed by atoms with Crippen LogP contribution in [-0.4, -0.2) is 111 Å². The van der Waals surface area contributed by atoms with Crippen molar-refractivity contribution >= 4 is 74.2 Å². The SMILES string of the molecule is C[n+]1cc(-c2ccc(OCC(O/N=C(\C(=O)NC3C(=O)N(OS(=O)(=O)O)C3(C)C)c3nc(NC(=O)OC(C)(C)C)sc3Cl)C(=O)OC(C)(C)C)cc2)cn1CCCNC(=O)OC(C)(C)C. The number of hydroxylamine groups is 2. The van der Waals surface area contributed by atoms with E-state index in [1.165, 1.54) is 13.8 Å². The lowest BCUT2D eigenvalue weighted by Gasteiger charge is -2.50. The molecule has 1 aliphatic rings. The van der Waals surface area contributed by atoms with Crippen LogP contribution in [0.25, 0.3) is 11.1 Å². The topological polar surface area (TPSA) is 268 Å². The molecule has 1 saturated heterocycles. The van der Waals surface area contributed by atoms with Crippen molar-refractivity contribution < 1.29 is 69.7 Å². The average molecular weight is 973 g/mol. The zero-order valence-electron chi connectivity index (χ0n) is 38.1. The first-order valence-corrected chi connectivity index (χ1v) is 22.6. The second-order valence-corrected chi connectivity index (χ2v) is 20.7. The summed E-state index contributed by atoms with van der Waals surface area (Å²) in [5.74, 6) is -2.80. The molecule has 0 aliphatic carbocycles. The molecule has 0 bridgehead atoms. The average Bonchev–Trinajstić information content (AvgIpc) is 3.70. The summed E-state index contributed by atoms with van der Waals surface area (Å²) in [4.78, 5) is 74.8. The van der Waals surface area contributed by atoms with Gasteiger partial charge in [0, 0.05) is 6.54 Å². The molecule has 0 spiro atoms. The fourth-order valence-corrected chi connectivity index (χ4v) is 7.21. The summed E-state index contributed by atoms with van der Waals surface area (Å²) in [6.07, 6.45) is 1.56. The number of ether oxygens (including phenoxy) is 4. The van der Waals surface area contributed by atoms with E-state index in [0.717, 1.165) is 22.5 Å². The number of anilines is 1. The zero-order valence-corrected chi connectivity index (χ0v) is 40.5. The summed E-state index contributed by atoms with van der Waals surface area (Å²) < 4.78 is 62.1. The van der Waals surface area contributed by atoms with Crippen LogP contribution in [0.15, 0.2) is 41.8 Å². The number of nitrogens with one attached hydrogen (secondary N) is 3. The molecule has 2 unspecified atom stereocenters. The summed E-state index contributed by atoms with van der Waals surface area (Å²) in [6, 6.07) is 5.52. The number of carbonyl (C=O) groups is 5. The normalized spacial score (nSPS) is 15.9. The van der Waals surface area contributed by atoms with E-state index < -0.39 is 87.2 Å². The van der Waals surface area contributed by atoms with Gasteiger partial charge in [-0.25, -0.2) is 19.4 Å². The molecule has 2 atom stereocenters. The van der Waals surface area contributed by atoms with Crippen LogP contribution in [0, 0.1) is 0 Å². The number of aryl methyl sites for hydroxylation is 2. The highest BCUT2D eigenvalue weighted by Gasteiger charge is 2.58. The molecule has 4 rings (SSSR count). The van der Waals surface area contributed by atoms with Crippen molar-refractivity contribution in [3.63, 3.8) is 0 Å². The minimum absolute atomic E-state index is 0.124. The van der Waals surface area contributed by atoms with Gasteiger partial charge < -0.3 is 34.4 Å². The maximum absolute atomic E-state index is 14.0. The number of oxime groups is 1. The van der Waals surface area contributed by atoms with E-state index in [0.29, 0.717) is 30.3 Å². The Balaban J connectivity index is 1.56. The number of thiazole rings is 1. The molecule has 358 valence electrons. The van der Waals surface area contributed by atoms with Gasteiger partial charge in [-0.2, -0.15) is 18.2 Å². The number of β-lactam (4-membered cyclic amide) rings is 1. The van der Waals surface area contributed by atoms with Crippen LogP contribution in [0.5, 0.6) is 5.75 Å². The van der Waals surface area contributed by atoms with Gasteiger partial charge in [0.1, 0.15) is 45.2 Å². The predicted molar refractivity (Wildman–Crippen MR) is 235 cm³/mol. The van der Waals surface area contributed by atoms with Gasteiger partial charge in [-0.15, -0.1) is 8.97 Å². The fraction of sp³-hybridized carbons (Fsp3) is 0.550. The predicted octanol–water partition coefficient (Wildman–Crippen LogP) is 4.70. The number of rotatable bonds is 17. The van der Waals surface area contributed by atoms with Crippen molar-refractivity contribution in [3.05, 3.63) is 46.7 Å². The van der Waals surface area contributed by atoms with E-state index in [1.807, 2.05) is 40.9 Å². The van der Waals surface area contributed by atoms with Gasteiger partial charge in [-0.1, -0.05) is 40.2 Å². The van der Waals surface area contributed by atoms with Crippen LogP contribution in [0.1, 0.15) is 88.3 Å². The largest absolute Gasteiger partial charge is 0.489 e. The molecule has 4 amide bonds. The molecule has 65 heavy (non-hydrogen) atoms. The quantitative estimate of drug-likeness (QED) is 0.0209. The van der Waals surface area contributed by atoms with Gasteiger partial charge in [0.05, 0.1) is 23.8 Å². The Morgan fingerprint density at radius 2 is 1.57 bits per heavy atom. The molecule has 22 nitrogen and oxygen atoms in total. The molecule has 0 radical (unpaired) electrons. The van der Waals surface area contributed by atoms with Crippen molar-refractivity contribution in [2.75, 3.05) is 18.5 Å². The van der Waals surface area contributed by atoms with Gasteiger partial charge in [-0.3, -0.25) is 19.5 Å². The summed E-state index contributed by atoms with van der Waals surface area (Å²) in [7, 11) is -3.22. The molecule has 25 heteroatoms. The number of amides is 4. The molecular formula is C40H56ClN8O14S2+. The van der Waals surface area contributed by atoms with E-state index >= 15 is 0 Å². The monoisotopic (exact) mass is 971 g/mol. The molecule has 1 fully saturated rings. The highest BCUT2D eigenvalue weighted by Crippen LogP contribution is 2.34. The Hall–Kier alpha value is -5.56. The Morgan fingerprint density at radius 1 is 0.969 bits per heavy atom. The highest BCUT2D eigenvalue weighted by atomic mass is 35.5. The van der Waals surface area contributed by atoms with Crippen molar-refractivity contribution in [2.45, 2.75) is 124 Å². The van der Waals surface area contributed by atoms with Crippen LogP contribution >= 0.6 is 22.9 Å². The first-order chi connectivity index (χ1) is 29.8. The number of nitrogens with zero attached hydrogens (tertiary/aromatic N) is 5. The van der Waals surface area contributed by atoms with Crippen LogP contribution in [0.4, 0.5) is 14.7 Å². The standard InChI is InChI=1S/C40H55ClN8O14S2/c1-37(2,3)59-33(52)26(22-58-25-16-14-23(15-17-25)24-20-47(12)48(21-24)19-13-18-42-35(53)60-38(4,5)6)62-46-28(27-30(41)64-34(43-27)45-36(54)61-39(7,8)9)31(50)44-29-32(51)49(40(29,10)11)63-65(55,56)57/h14-17,20-21,26,29H,13,18-19,22H2,1-12H3,(H3-,42,43,44,45,50,53,54,55,56,57)/p+1/b46-28-. The lowest BCUT2D eigenvalue weighted by Crippen LogP contribution is -2.76. The van der Waals surface area contributed by atoms with E-state index in [2.05, 4.69) is 30.4 Å². The Labute approximate surface area is 385 Å². The van der Waals surface area contributed by atoms with Gasteiger partial charge in [-0.05, 0) is 100 Å². The van der Waals surface area contributed by atoms with Crippen molar-refractivity contribution in [1.82, 2.24) is 25.4 Å². The summed E-state index contributed by atoms with van der Waals surface area (Å²) in [5, 5.41) is 11.8. The van der Waals surface area contributed by atoms with Gasteiger partial charge in [0.2, 0.25) is 6.20 Å². The molecule has 3 aromatic rings. The molecule has 2 aromatic heterocycles. The van der Waals surface area contributed by atoms with Crippen molar-refractivity contribution in [2.24, 2.45) is 12.2 Å². The third-order valence-electron chi connectivity index (χ3n) is 8.54. The minimum atomic E-state index is -5.11. The second kappa shape index (κ2) is 20.3. The molecule has 0 saturated carbocycles. The number of hydrogen-bond donors (Lipinski definition) is 4. The van der Waals surface area contributed by atoms with E-state index in [4.69, 9.17) is 39.9 Å². The zero-order chi connectivity index (χ0) is 48.9. The van der Waals surface area contributed by atoms with Gasteiger partial charge >= 0.3 is 28.6 Å². The number of alkyl carbamates (subject to hydrolysis) is 1. The third-order valence-corrected chi connectivity index (χ3v) is 10.0. The number of carbonyl (C=O) groups excluding carboxylic acids is 5. The number of esters is 1. The maximum Gasteiger partial charge on any atom is 0.418 e. The van der Waals surface area contributed by atoms with Gasteiger partial charge in [0.15, 0.2) is 17.9 Å². The van der Waals surface area contributed by atoms with Crippen LogP contribution in [-0.2, 0) is 61.7 Å². The van der Waals surface area contributed by atoms with Gasteiger partial charge in [0.25, 0.3) is 17.9 Å². The van der Waals surface area contributed by atoms with Crippen molar-refractivity contribution in [1.29, 1.82) is 0 Å². The maximum atomic E-state index is 14.0. The lowest BCUT2D eigenvalue weighted by molar-refractivity contribution is -0.753. The highest BCUT2D eigenvalue weighted by molar-refractivity contribution is 7.80. The first kappa shape index (κ1) is 52.1. The summed E-state index contributed by atoms with van der Waals surface area (Å²) in [6.45, 7) is 18.4. The second-order valence-electron chi connectivity index (χ2n) is 18.1. The van der Waals surface area contributed by atoms with E-state index in [9.17, 15) is 32.4 Å². The van der Waals surface area contributed by atoms with E-state index in [-0.39, 0.29) is 15.2 Å². The van der Waals surface area contributed by atoms with Crippen LogP contribution < -0.4 is 25.4 Å². The third kappa shape index (κ3) is 15.5. The number of halogens is 1. The van der Waals surface area contributed by atoms with E-state index in [1.54, 1.807) is 74.4 Å². The summed E-state index contributed by atoms with van der Waals surface area (Å²) in [5.41, 5.74) is -3.29. The van der Waals surface area contributed by atoms with Crippen LogP contribution in [0.3, 0.4) is 0 Å². The Bertz CT molecular complexity index is 2380.